The lowest BCUT2D eigenvalue weighted by Gasteiger charge is -2.11. The molecule has 0 radical (unpaired) electrons. The second-order valence-electron chi connectivity index (χ2n) is 6.37. The van der Waals surface area contributed by atoms with Gasteiger partial charge in [0.2, 0.25) is 0 Å². The van der Waals surface area contributed by atoms with Gasteiger partial charge in [-0.15, -0.1) is 0 Å². The monoisotopic (exact) mass is 348 g/mol. The number of Topliss-reactive ketones (excluding diaryl/α,β-unsaturated/α-hetero) is 1. The highest BCUT2D eigenvalue weighted by Crippen LogP contribution is 2.37. The Kier molecular flexibility index (Phi) is 4.39. The average molecular weight is 348 g/mol. The van der Waals surface area contributed by atoms with E-state index in [4.69, 9.17) is 0 Å². The minimum absolute atomic E-state index is 0.0549. The van der Waals surface area contributed by atoms with Crippen molar-refractivity contribution < 1.29 is 9.18 Å². The zero-order valence-corrected chi connectivity index (χ0v) is 14.0. The van der Waals surface area contributed by atoms with Gasteiger partial charge in [0.05, 0.1) is 17.4 Å². The first-order valence-electron chi connectivity index (χ1n) is 8.49. The standard InChI is InChI=1S/C20H17FN4O/c21-16-3-5-17(6-4-16)25-18-12-22-8-7-14(18)9-19(26)15-10-23-20(24-11-15)13-1-2-13/h3-8,10-13,25H,1-2,9H2. The van der Waals surface area contributed by atoms with Crippen molar-refractivity contribution in [3.8, 4) is 0 Å². The summed E-state index contributed by atoms with van der Waals surface area (Å²) in [6, 6.07) is 7.82. The van der Waals surface area contributed by atoms with Gasteiger partial charge in [-0.25, -0.2) is 14.4 Å². The van der Waals surface area contributed by atoms with Crippen molar-refractivity contribution in [3.05, 3.63) is 77.9 Å². The van der Waals surface area contributed by atoms with E-state index in [1.165, 1.54) is 12.1 Å². The minimum atomic E-state index is -0.299. The molecule has 3 aromatic rings. The van der Waals surface area contributed by atoms with E-state index in [9.17, 15) is 9.18 Å². The van der Waals surface area contributed by atoms with Crippen molar-refractivity contribution in [2.24, 2.45) is 0 Å². The van der Waals surface area contributed by atoms with Gasteiger partial charge < -0.3 is 5.32 Å². The molecule has 1 aliphatic carbocycles. The maximum absolute atomic E-state index is 13.0. The molecule has 1 aliphatic rings. The quantitative estimate of drug-likeness (QED) is 0.681. The zero-order chi connectivity index (χ0) is 17.9. The Morgan fingerprint density at radius 3 is 2.50 bits per heavy atom. The summed E-state index contributed by atoms with van der Waals surface area (Å²) in [5.41, 5.74) is 2.74. The third-order valence-corrected chi connectivity index (χ3v) is 4.32. The number of nitrogens with zero attached hydrogens (tertiary/aromatic N) is 3. The number of pyridine rings is 1. The molecule has 4 rings (SSSR count). The zero-order valence-electron chi connectivity index (χ0n) is 14.0. The molecule has 1 aromatic carbocycles. The summed E-state index contributed by atoms with van der Waals surface area (Å²) in [5.74, 6) is 0.933. The summed E-state index contributed by atoms with van der Waals surface area (Å²) in [6.45, 7) is 0. The highest BCUT2D eigenvalue weighted by atomic mass is 19.1. The lowest BCUT2D eigenvalue weighted by Crippen LogP contribution is -2.08. The van der Waals surface area contributed by atoms with Crippen LogP contribution in [0.25, 0.3) is 0 Å². The van der Waals surface area contributed by atoms with Crippen LogP contribution < -0.4 is 5.32 Å². The number of carbonyl (C=O) groups excluding carboxylic acids is 1. The maximum Gasteiger partial charge on any atom is 0.170 e. The molecular formula is C20H17FN4O. The van der Waals surface area contributed by atoms with Crippen molar-refractivity contribution in [3.63, 3.8) is 0 Å². The van der Waals surface area contributed by atoms with Crippen LogP contribution in [0, 0.1) is 5.82 Å². The third kappa shape index (κ3) is 3.74. The average Bonchev–Trinajstić information content (AvgIpc) is 3.50. The molecule has 2 aromatic heterocycles. The minimum Gasteiger partial charge on any atom is -0.354 e. The maximum atomic E-state index is 13.0. The number of carbonyl (C=O) groups is 1. The van der Waals surface area contributed by atoms with Crippen LogP contribution in [-0.4, -0.2) is 20.7 Å². The van der Waals surface area contributed by atoms with Crippen LogP contribution in [0.2, 0.25) is 0 Å². The largest absolute Gasteiger partial charge is 0.354 e. The van der Waals surface area contributed by atoms with Crippen molar-refractivity contribution in [2.45, 2.75) is 25.2 Å². The Balaban J connectivity index is 1.50. The molecule has 0 aliphatic heterocycles. The predicted octanol–water partition coefficient (Wildman–Crippen LogP) is 4.06. The molecule has 0 amide bonds. The van der Waals surface area contributed by atoms with Crippen LogP contribution in [0.1, 0.15) is 40.5 Å². The molecule has 1 N–H and O–H groups in total. The first-order valence-corrected chi connectivity index (χ1v) is 8.49. The third-order valence-electron chi connectivity index (χ3n) is 4.32. The molecule has 26 heavy (non-hydrogen) atoms. The summed E-state index contributed by atoms with van der Waals surface area (Å²) in [6.07, 6.45) is 8.97. The summed E-state index contributed by atoms with van der Waals surface area (Å²) in [5, 5.41) is 3.18. The molecule has 0 bridgehead atoms. The molecule has 130 valence electrons. The van der Waals surface area contributed by atoms with Gasteiger partial charge in [0.25, 0.3) is 0 Å². The summed E-state index contributed by atoms with van der Waals surface area (Å²) in [4.78, 5) is 25.3. The summed E-state index contributed by atoms with van der Waals surface area (Å²) >= 11 is 0. The molecule has 0 spiro atoms. The smallest absolute Gasteiger partial charge is 0.170 e. The molecule has 0 atom stereocenters. The van der Waals surface area contributed by atoms with Crippen LogP contribution in [-0.2, 0) is 6.42 Å². The van der Waals surface area contributed by atoms with Gasteiger partial charge in [0.1, 0.15) is 11.6 Å². The molecule has 0 unspecified atom stereocenters. The molecule has 2 heterocycles. The van der Waals surface area contributed by atoms with E-state index < -0.39 is 0 Å². The number of aromatic nitrogens is 3. The van der Waals surface area contributed by atoms with Crippen LogP contribution in [0.15, 0.2) is 55.1 Å². The number of ketones is 1. The van der Waals surface area contributed by atoms with Crippen molar-refractivity contribution in [1.82, 2.24) is 15.0 Å². The van der Waals surface area contributed by atoms with Gasteiger partial charge in [-0.3, -0.25) is 9.78 Å². The summed E-state index contributed by atoms with van der Waals surface area (Å²) < 4.78 is 13.0. The fraction of sp³-hybridized carbons (Fsp3) is 0.200. The molecule has 1 saturated carbocycles. The molecule has 0 saturated heterocycles. The van der Waals surface area contributed by atoms with Gasteiger partial charge in [-0.2, -0.15) is 0 Å². The van der Waals surface area contributed by atoms with Gasteiger partial charge in [-0.05, 0) is 48.7 Å². The van der Waals surface area contributed by atoms with Crippen molar-refractivity contribution in [1.29, 1.82) is 0 Å². The molecule has 5 nitrogen and oxygen atoms in total. The Morgan fingerprint density at radius 2 is 1.81 bits per heavy atom. The van der Waals surface area contributed by atoms with Crippen LogP contribution in [0.4, 0.5) is 15.8 Å². The number of anilines is 2. The van der Waals surface area contributed by atoms with E-state index in [2.05, 4.69) is 20.3 Å². The van der Waals surface area contributed by atoms with Gasteiger partial charge >= 0.3 is 0 Å². The first kappa shape index (κ1) is 16.3. The topological polar surface area (TPSA) is 67.8 Å². The first-order chi connectivity index (χ1) is 12.7. The van der Waals surface area contributed by atoms with E-state index in [0.29, 0.717) is 17.2 Å². The number of hydrogen-bond donors (Lipinski definition) is 1. The normalized spacial score (nSPS) is 13.4. The van der Waals surface area contributed by atoms with Crippen LogP contribution in [0.3, 0.4) is 0 Å². The highest BCUT2D eigenvalue weighted by molar-refractivity contribution is 5.97. The van der Waals surface area contributed by atoms with Gasteiger partial charge in [0, 0.05) is 36.6 Å². The number of benzene rings is 1. The van der Waals surface area contributed by atoms with E-state index in [-0.39, 0.29) is 18.0 Å². The molecule has 6 heteroatoms. The Hall–Kier alpha value is -3.15. The number of halogens is 1. The number of rotatable bonds is 6. The lowest BCUT2D eigenvalue weighted by atomic mass is 10.0. The second-order valence-corrected chi connectivity index (χ2v) is 6.37. The Morgan fingerprint density at radius 1 is 1.08 bits per heavy atom. The molecule has 1 fully saturated rings. The highest BCUT2D eigenvalue weighted by Gasteiger charge is 2.26. The fourth-order valence-electron chi connectivity index (χ4n) is 2.69. The van der Waals surface area contributed by atoms with Crippen LogP contribution >= 0.6 is 0 Å². The van der Waals surface area contributed by atoms with Crippen molar-refractivity contribution >= 4 is 17.2 Å². The van der Waals surface area contributed by atoms with Crippen LogP contribution in [0.5, 0.6) is 0 Å². The van der Waals surface area contributed by atoms with E-state index in [1.54, 1.807) is 43.0 Å². The second kappa shape index (κ2) is 7.00. The Bertz CT molecular complexity index is 921. The van der Waals surface area contributed by atoms with E-state index in [1.807, 2.05) is 0 Å². The van der Waals surface area contributed by atoms with E-state index >= 15 is 0 Å². The Labute approximate surface area is 150 Å². The van der Waals surface area contributed by atoms with E-state index in [0.717, 1.165) is 29.9 Å². The SMILES string of the molecule is O=C(Cc1ccncc1Nc1ccc(F)cc1)c1cnc(C2CC2)nc1. The van der Waals surface area contributed by atoms with Gasteiger partial charge in [-0.1, -0.05) is 0 Å². The number of nitrogens with one attached hydrogen (secondary N) is 1. The van der Waals surface area contributed by atoms with Crippen molar-refractivity contribution in [2.75, 3.05) is 5.32 Å². The molecular weight excluding hydrogens is 331 g/mol. The summed E-state index contributed by atoms with van der Waals surface area (Å²) in [7, 11) is 0. The fourth-order valence-corrected chi connectivity index (χ4v) is 2.69. The predicted molar refractivity (Wildman–Crippen MR) is 96.0 cm³/mol. The number of hydrogen-bond acceptors (Lipinski definition) is 5. The lowest BCUT2D eigenvalue weighted by molar-refractivity contribution is 0.0992. The van der Waals surface area contributed by atoms with Gasteiger partial charge in [0.15, 0.2) is 5.78 Å².